The van der Waals surface area contributed by atoms with Crippen molar-refractivity contribution in [2.24, 2.45) is 0 Å². The smallest absolute Gasteiger partial charge is 0.244 e. The maximum atomic E-state index is 13.6. The molecule has 1 N–H and O–H groups in total. The molecule has 1 atom stereocenters. The molecule has 1 aliphatic carbocycles. The Balaban J connectivity index is 1.90. The van der Waals surface area contributed by atoms with E-state index in [1.165, 1.54) is 55.5 Å². The third kappa shape index (κ3) is 7.34. The van der Waals surface area contributed by atoms with Crippen LogP contribution in [0.1, 0.15) is 38.2 Å². The van der Waals surface area contributed by atoms with Gasteiger partial charge in [-0.25, -0.2) is 12.8 Å². The average Bonchev–Trinajstić information content (AvgIpc) is 3.38. The fourth-order valence-corrected chi connectivity index (χ4v) is 5.20. The van der Waals surface area contributed by atoms with Crippen molar-refractivity contribution in [3.63, 3.8) is 0 Å². The lowest BCUT2D eigenvalue weighted by molar-refractivity contribution is -0.139. The fourth-order valence-electron chi connectivity index (χ4n) is 4.35. The minimum Gasteiger partial charge on any atom is -0.493 e. The van der Waals surface area contributed by atoms with Crippen LogP contribution in [0.3, 0.4) is 0 Å². The number of halogens is 1. The molecule has 11 heteroatoms. The molecule has 3 rings (SSSR count). The molecule has 2 amide bonds. The average molecular weight is 536 g/mol. The van der Waals surface area contributed by atoms with Gasteiger partial charge in [0.15, 0.2) is 11.5 Å². The van der Waals surface area contributed by atoms with Gasteiger partial charge in [-0.1, -0.05) is 25.0 Å². The van der Waals surface area contributed by atoms with Gasteiger partial charge in [-0.15, -0.1) is 0 Å². The fraction of sp³-hybridized carbons (Fsp3) is 0.462. The van der Waals surface area contributed by atoms with Crippen molar-refractivity contribution < 1.29 is 31.9 Å². The van der Waals surface area contributed by atoms with E-state index in [1.807, 2.05) is 0 Å². The van der Waals surface area contributed by atoms with Crippen LogP contribution in [0.25, 0.3) is 0 Å². The predicted molar refractivity (Wildman–Crippen MR) is 139 cm³/mol. The van der Waals surface area contributed by atoms with Gasteiger partial charge in [0.25, 0.3) is 0 Å². The monoisotopic (exact) mass is 535 g/mol. The van der Waals surface area contributed by atoms with Crippen molar-refractivity contribution >= 4 is 27.5 Å². The van der Waals surface area contributed by atoms with Crippen LogP contribution in [0.5, 0.6) is 11.5 Å². The van der Waals surface area contributed by atoms with E-state index in [0.717, 1.165) is 36.2 Å². The van der Waals surface area contributed by atoms with Gasteiger partial charge in [-0.3, -0.25) is 13.9 Å². The maximum Gasteiger partial charge on any atom is 0.244 e. The van der Waals surface area contributed by atoms with Crippen LogP contribution in [0.15, 0.2) is 42.5 Å². The second kappa shape index (κ2) is 12.3. The summed E-state index contributed by atoms with van der Waals surface area (Å²) in [5.74, 6) is -0.627. The summed E-state index contributed by atoms with van der Waals surface area (Å²) in [6.45, 7) is 1.06. The molecule has 202 valence electrons. The highest BCUT2D eigenvalue weighted by Gasteiger charge is 2.31. The van der Waals surface area contributed by atoms with Crippen LogP contribution in [-0.2, 0) is 26.2 Å². The van der Waals surface area contributed by atoms with Gasteiger partial charge < -0.3 is 19.7 Å². The highest BCUT2D eigenvalue weighted by atomic mass is 32.2. The van der Waals surface area contributed by atoms with Gasteiger partial charge in [0.05, 0.1) is 26.2 Å². The van der Waals surface area contributed by atoms with Crippen LogP contribution in [-0.4, -0.2) is 64.2 Å². The minimum atomic E-state index is -3.89. The van der Waals surface area contributed by atoms with E-state index in [0.29, 0.717) is 17.1 Å². The lowest BCUT2D eigenvalue weighted by Crippen LogP contribution is -2.52. The molecule has 0 heterocycles. The molecule has 1 fully saturated rings. The predicted octanol–water partition coefficient (Wildman–Crippen LogP) is 3.09. The summed E-state index contributed by atoms with van der Waals surface area (Å²) >= 11 is 0. The van der Waals surface area contributed by atoms with E-state index in [1.54, 1.807) is 13.0 Å². The molecule has 0 bridgehead atoms. The molecule has 0 aliphatic heterocycles. The molecule has 2 aromatic rings. The Bertz CT molecular complexity index is 1200. The number of carbonyl (C=O) groups is 2. The Kier molecular flexibility index (Phi) is 9.36. The van der Waals surface area contributed by atoms with Gasteiger partial charge in [0, 0.05) is 18.7 Å². The molecule has 0 radical (unpaired) electrons. The number of nitrogens with one attached hydrogen (secondary N) is 1. The molecule has 9 nitrogen and oxygen atoms in total. The number of methoxy groups -OCH3 is 2. The molecule has 1 aliphatic rings. The first kappa shape index (κ1) is 28.2. The van der Waals surface area contributed by atoms with E-state index < -0.39 is 34.3 Å². The number of hydrogen-bond acceptors (Lipinski definition) is 6. The first-order valence-electron chi connectivity index (χ1n) is 12.1. The van der Waals surface area contributed by atoms with Crippen LogP contribution in [0.4, 0.5) is 10.1 Å². The van der Waals surface area contributed by atoms with Gasteiger partial charge >= 0.3 is 0 Å². The van der Waals surface area contributed by atoms with Crippen molar-refractivity contribution in [2.75, 3.05) is 31.3 Å². The third-order valence-corrected chi connectivity index (χ3v) is 7.61. The Morgan fingerprint density at radius 3 is 2.24 bits per heavy atom. The van der Waals surface area contributed by atoms with E-state index in [9.17, 15) is 22.4 Å². The molecule has 0 saturated heterocycles. The lowest BCUT2D eigenvalue weighted by atomic mass is 10.1. The minimum absolute atomic E-state index is 0.00189. The van der Waals surface area contributed by atoms with Gasteiger partial charge in [-0.2, -0.15) is 0 Å². The van der Waals surface area contributed by atoms with Crippen LogP contribution < -0.4 is 19.1 Å². The Morgan fingerprint density at radius 1 is 1.05 bits per heavy atom. The Hall–Kier alpha value is -3.34. The largest absolute Gasteiger partial charge is 0.493 e. The van der Waals surface area contributed by atoms with E-state index in [4.69, 9.17) is 9.47 Å². The highest BCUT2D eigenvalue weighted by Crippen LogP contribution is 2.32. The van der Waals surface area contributed by atoms with Crippen molar-refractivity contribution in [1.29, 1.82) is 0 Å². The molecule has 0 unspecified atom stereocenters. The van der Waals surface area contributed by atoms with Crippen molar-refractivity contribution in [3.05, 3.63) is 53.8 Å². The number of amides is 2. The standard InChI is InChI=1S/C26H34FN3O6S/c1-18(26(32)28-21-7-5-6-8-21)29(16-19-9-11-20(27)12-10-19)25(31)17-30(37(4,33)34)22-13-14-23(35-2)24(15-22)36-3/h9-15,18,21H,5-8,16-17H2,1-4H3,(H,28,32)/t18-/m1/s1. The van der Waals surface area contributed by atoms with Crippen LogP contribution in [0.2, 0.25) is 0 Å². The molecule has 0 aromatic heterocycles. The zero-order valence-electron chi connectivity index (χ0n) is 21.6. The maximum absolute atomic E-state index is 13.6. The first-order valence-corrected chi connectivity index (χ1v) is 13.9. The first-order chi connectivity index (χ1) is 17.5. The second-order valence-electron chi connectivity index (χ2n) is 9.12. The number of rotatable bonds is 11. The van der Waals surface area contributed by atoms with Gasteiger partial charge in [-0.05, 0) is 49.6 Å². The summed E-state index contributed by atoms with van der Waals surface area (Å²) in [7, 11) is -1.01. The molecule has 2 aromatic carbocycles. The second-order valence-corrected chi connectivity index (χ2v) is 11.0. The summed E-state index contributed by atoms with van der Waals surface area (Å²) in [6.07, 6.45) is 4.83. The van der Waals surface area contributed by atoms with E-state index >= 15 is 0 Å². The van der Waals surface area contributed by atoms with Crippen LogP contribution in [0, 0.1) is 5.82 Å². The van der Waals surface area contributed by atoms with E-state index in [-0.39, 0.29) is 24.2 Å². The number of hydrogen-bond donors (Lipinski definition) is 1. The number of carbonyl (C=O) groups excluding carboxylic acids is 2. The summed E-state index contributed by atoms with van der Waals surface area (Å²) < 4.78 is 50.4. The Morgan fingerprint density at radius 2 is 1.68 bits per heavy atom. The van der Waals surface area contributed by atoms with E-state index in [2.05, 4.69) is 5.32 Å². The lowest BCUT2D eigenvalue weighted by Gasteiger charge is -2.32. The zero-order chi connectivity index (χ0) is 27.2. The third-order valence-electron chi connectivity index (χ3n) is 6.47. The number of ether oxygens (including phenoxy) is 2. The topological polar surface area (TPSA) is 105 Å². The summed E-state index contributed by atoms with van der Waals surface area (Å²) in [5.41, 5.74) is 0.811. The highest BCUT2D eigenvalue weighted by molar-refractivity contribution is 7.92. The quantitative estimate of drug-likeness (QED) is 0.474. The number of benzene rings is 2. The summed E-state index contributed by atoms with van der Waals surface area (Å²) in [5, 5.41) is 3.00. The Labute approximate surface area is 217 Å². The SMILES string of the molecule is COc1ccc(N(CC(=O)N(Cc2ccc(F)cc2)[C@H](C)C(=O)NC2CCCC2)S(C)(=O)=O)cc1OC. The summed E-state index contributed by atoms with van der Waals surface area (Å²) in [6, 6.07) is 9.29. The van der Waals surface area contributed by atoms with Crippen LogP contribution >= 0.6 is 0 Å². The van der Waals surface area contributed by atoms with Crippen molar-refractivity contribution in [2.45, 2.75) is 51.2 Å². The molecule has 0 spiro atoms. The molecule has 1 saturated carbocycles. The molecular weight excluding hydrogens is 501 g/mol. The van der Waals surface area contributed by atoms with Crippen molar-refractivity contribution in [1.82, 2.24) is 10.2 Å². The normalized spacial score (nSPS) is 14.6. The number of nitrogens with zero attached hydrogens (tertiary/aromatic N) is 2. The van der Waals surface area contributed by atoms with Gasteiger partial charge in [0.1, 0.15) is 18.4 Å². The van der Waals surface area contributed by atoms with Gasteiger partial charge in [0.2, 0.25) is 21.8 Å². The molecular formula is C26H34FN3O6S. The summed E-state index contributed by atoms with van der Waals surface area (Å²) in [4.78, 5) is 28.0. The zero-order valence-corrected chi connectivity index (χ0v) is 22.4. The number of sulfonamides is 1. The number of anilines is 1. The van der Waals surface area contributed by atoms with Crippen molar-refractivity contribution in [3.8, 4) is 11.5 Å². The molecule has 37 heavy (non-hydrogen) atoms.